The van der Waals surface area contributed by atoms with Crippen molar-refractivity contribution in [3.8, 4) is 11.4 Å². The zero-order chi connectivity index (χ0) is 30.6. The van der Waals surface area contributed by atoms with E-state index in [1.54, 1.807) is 0 Å². The topological polar surface area (TPSA) is 27.2 Å². The predicted molar refractivity (Wildman–Crippen MR) is 196 cm³/mol. The van der Waals surface area contributed by atoms with E-state index in [9.17, 15) is 0 Å². The van der Waals surface area contributed by atoms with Gasteiger partial charge in [-0.05, 0) is 66.0 Å². The average Bonchev–Trinajstić information content (AvgIpc) is 3.79. The Morgan fingerprint density at radius 3 is 1.45 bits per heavy atom. The molecule has 0 unspecified atom stereocenters. The van der Waals surface area contributed by atoms with E-state index in [0.29, 0.717) is 0 Å². The number of hydrogen-bond acceptors (Lipinski definition) is 1. The van der Waals surface area contributed by atoms with Crippen LogP contribution in [0, 0.1) is 0 Å². The maximum atomic E-state index is 5.12. The lowest BCUT2D eigenvalue weighted by Gasteiger charge is -2.14. The maximum Gasteiger partial charge on any atom is 0.146 e. The Kier molecular flexibility index (Phi) is 4.81. The van der Waals surface area contributed by atoms with Crippen LogP contribution in [-0.4, -0.2) is 18.5 Å². The summed E-state index contributed by atoms with van der Waals surface area (Å²) >= 11 is 0. The van der Waals surface area contributed by atoms with Crippen LogP contribution in [0.25, 0.3) is 93.3 Å². The number of para-hydroxylation sites is 5. The molecule has 11 rings (SSSR count). The minimum Gasteiger partial charge on any atom is -0.309 e. The quantitative estimate of drug-likeness (QED) is 0.182. The molecule has 0 fully saturated rings. The fourth-order valence-electron chi connectivity index (χ4n) is 8.02. The van der Waals surface area contributed by atoms with Gasteiger partial charge < -0.3 is 9.13 Å². The normalized spacial score (nSPS) is 12.3. The lowest BCUT2D eigenvalue weighted by Crippen LogP contribution is -1.99. The van der Waals surface area contributed by atoms with Gasteiger partial charge in [-0.15, -0.1) is 0 Å². The lowest BCUT2D eigenvalue weighted by molar-refractivity contribution is 1.13. The van der Waals surface area contributed by atoms with E-state index in [0.717, 1.165) is 33.4 Å². The molecular formula is C43H26N4. The first kappa shape index (κ1) is 24.9. The van der Waals surface area contributed by atoms with Crippen LogP contribution in [0.5, 0.6) is 0 Å². The van der Waals surface area contributed by atoms with Crippen LogP contribution in [0.1, 0.15) is 0 Å². The number of fused-ring (bicyclic) bond motifs is 14. The van der Waals surface area contributed by atoms with E-state index in [-0.39, 0.29) is 0 Å². The molecule has 0 N–H and O–H groups in total. The Morgan fingerprint density at radius 1 is 0.319 bits per heavy atom. The third kappa shape index (κ3) is 3.28. The molecular weight excluding hydrogens is 573 g/mol. The lowest BCUT2D eigenvalue weighted by atomic mass is 10.0. The van der Waals surface area contributed by atoms with Crippen LogP contribution in [0.4, 0.5) is 0 Å². The van der Waals surface area contributed by atoms with Crippen molar-refractivity contribution in [2.45, 2.75) is 0 Å². The van der Waals surface area contributed by atoms with Gasteiger partial charge in [0.1, 0.15) is 5.65 Å². The molecule has 0 saturated carbocycles. The largest absolute Gasteiger partial charge is 0.309 e. The van der Waals surface area contributed by atoms with Crippen LogP contribution in [0.3, 0.4) is 0 Å². The zero-order valence-electron chi connectivity index (χ0n) is 25.3. The fourth-order valence-corrected chi connectivity index (χ4v) is 8.02. The van der Waals surface area contributed by atoms with Gasteiger partial charge in [-0.25, -0.2) is 4.98 Å². The van der Waals surface area contributed by atoms with Gasteiger partial charge in [0.25, 0.3) is 0 Å². The van der Waals surface area contributed by atoms with E-state index in [1.807, 2.05) is 0 Å². The highest BCUT2D eigenvalue weighted by Crippen LogP contribution is 2.40. The Balaban J connectivity index is 1.26. The summed E-state index contributed by atoms with van der Waals surface area (Å²) in [5.41, 5.74) is 11.4. The molecule has 4 heterocycles. The highest BCUT2D eigenvalue weighted by molar-refractivity contribution is 6.20. The molecule has 11 aromatic rings. The van der Waals surface area contributed by atoms with Crippen molar-refractivity contribution < 1.29 is 0 Å². The summed E-state index contributed by atoms with van der Waals surface area (Å²) in [6, 6.07) is 57.1. The molecule has 4 aromatic heterocycles. The first-order valence-corrected chi connectivity index (χ1v) is 16.1. The van der Waals surface area contributed by atoms with Crippen molar-refractivity contribution >= 4 is 82.0 Å². The number of rotatable bonds is 2. The molecule has 4 heteroatoms. The van der Waals surface area contributed by atoms with Gasteiger partial charge in [-0.3, -0.25) is 4.40 Å². The number of nitrogens with zero attached hydrogens (tertiary/aromatic N) is 4. The smallest absolute Gasteiger partial charge is 0.146 e. The van der Waals surface area contributed by atoms with Crippen molar-refractivity contribution in [1.82, 2.24) is 18.5 Å². The van der Waals surface area contributed by atoms with Crippen LogP contribution in [-0.2, 0) is 0 Å². The van der Waals surface area contributed by atoms with Crippen LogP contribution in [0.2, 0.25) is 0 Å². The van der Waals surface area contributed by atoms with Gasteiger partial charge in [0.05, 0.1) is 38.6 Å². The van der Waals surface area contributed by atoms with Crippen molar-refractivity contribution in [2.24, 2.45) is 0 Å². The number of imidazole rings is 1. The second-order valence-electron chi connectivity index (χ2n) is 12.4. The van der Waals surface area contributed by atoms with Gasteiger partial charge >= 0.3 is 0 Å². The summed E-state index contributed by atoms with van der Waals surface area (Å²) in [5, 5.41) is 8.58. The predicted octanol–water partition coefficient (Wildman–Crippen LogP) is 11.0. The molecule has 0 amide bonds. The monoisotopic (exact) mass is 598 g/mol. The molecule has 0 saturated heterocycles. The van der Waals surface area contributed by atoms with Gasteiger partial charge in [-0.2, -0.15) is 0 Å². The Labute approximate surface area is 268 Å². The average molecular weight is 599 g/mol. The third-order valence-electron chi connectivity index (χ3n) is 9.98. The fraction of sp³-hybridized carbons (Fsp3) is 0. The summed E-state index contributed by atoms with van der Waals surface area (Å²) < 4.78 is 7.18. The summed E-state index contributed by atoms with van der Waals surface area (Å²) in [5.74, 6) is 0. The molecule has 0 atom stereocenters. The Morgan fingerprint density at radius 2 is 0.787 bits per heavy atom. The Hall–Kier alpha value is -6.39. The van der Waals surface area contributed by atoms with Crippen molar-refractivity contribution in [3.05, 3.63) is 158 Å². The van der Waals surface area contributed by atoms with E-state index >= 15 is 0 Å². The standard InChI is InChI=1S/C43H26N4/c1-2-18-33-29(14-1)34-25-41-35(26-42(34)47-40-23-10-6-19-36(40)44-43(33)47)32-17-5-9-22-39(32)46(41)28-13-11-12-27(24-28)45-37-20-7-3-15-30(37)31-16-4-8-21-38(31)45/h1-26H. The molecule has 4 nitrogen and oxygen atoms in total. The number of aromatic nitrogens is 4. The second kappa shape index (κ2) is 9.09. The van der Waals surface area contributed by atoms with Gasteiger partial charge in [0.15, 0.2) is 0 Å². The minimum atomic E-state index is 0.997. The summed E-state index contributed by atoms with van der Waals surface area (Å²) in [4.78, 5) is 5.12. The maximum absolute atomic E-state index is 5.12. The summed E-state index contributed by atoms with van der Waals surface area (Å²) in [6.07, 6.45) is 0. The number of hydrogen-bond donors (Lipinski definition) is 0. The molecule has 0 aliphatic rings. The van der Waals surface area contributed by atoms with Gasteiger partial charge in [0.2, 0.25) is 0 Å². The molecule has 218 valence electrons. The minimum absolute atomic E-state index is 0.997. The zero-order valence-corrected chi connectivity index (χ0v) is 25.3. The van der Waals surface area contributed by atoms with Crippen molar-refractivity contribution in [3.63, 3.8) is 0 Å². The molecule has 0 spiro atoms. The summed E-state index contributed by atoms with van der Waals surface area (Å²) in [6.45, 7) is 0. The third-order valence-corrected chi connectivity index (χ3v) is 9.98. The SMILES string of the molecule is c1cc(-n2c3ccccc3c3ccccc32)cc(-n2c3ccccc3c3cc4c(cc32)c2ccccc2c2nc3ccccc3n42)c1. The van der Waals surface area contributed by atoms with E-state index in [1.165, 1.54) is 59.9 Å². The molecule has 0 bridgehead atoms. The highest BCUT2D eigenvalue weighted by atomic mass is 15.0. The van der Waals surface area contributed by atoms with Crippen LogP contribution < -0.4 is 0 Å². The van der Waals surface area contributed by atoms with E-state index in [2.05, 4.69) is 171 Å². The molecule has 0 aliphatic heterocycles. The van der Waals surface area contributed by atoms with Crippen LogP contribution >= 0.6 is 0 Å². The van der Waals surface area contributed by atoms with E-state index in [4.69, 9.17) is 4.98 Å². The van der Waals surface area contributed by atoms with Gasteiger partial charge in [0, 0.05) is 43.7 Å². The number of pyridine rings is 1. The summed E-state index contributed by atoms with van der Waals surface area (Å²) in [7, 11) is 0. The van der Waals surface area contributed by atoms with Crippen LogP contribution in [0.15, 0.2) is 158 Å². The van der Waals surface area contributed by atoms with E-state index < -0.39 is 0 Å². The first-order valence-electron chi connectivity index (χ1n) is 16.1. The number of benzene rings is 7. The molecule has 7 aromatic carbocycles. The Bertz CT molecular complexity index is 3030. The first-order chi connectivity index (χ1) is 23.3. The van der Waals surface area contributed by atoms with Gasteiger partial charge in [-0.1, -0.05) is 97.1 Å². The molecule has 0 radical (unpaired) electrons. The molecule has 0 aliphatic carbocycles. The molecule has 47 heavy (non-hydrogen) atoms. The second-order valence-corrected chi connectivity index (χ2v) is 12.4. The van der Waals surface area contributed by atoms with Crippen molar-refractivity contribution in [1.29, 1.82) is 0 Å². The van der Waals surface area contributed by atoms with Crippen molar-refractivity contribution in [2.75, 3.05) is 0 Å². The highest BCUT2D eigenvalue weighted by Gasteiger charge is 2.19.